The highest BCUT2D eigenvalue weighted by Crippen LogP contribution is 2.22. The fraction of sp³-hybridized carbons (Fsp3) is 0.0833. The molecule has 1 heterocycles. The zero-order valence-corrected chi connectivity index (χ0v) is 12.1. The summed E-state index contributed by atoms with van der Waals surface area (Å²) < 4.78 is 1.12. The Kier molecular flexibility index (Phi) is 3.68. The molecule has 5 heteroatoms. The van der Waals surface area contributed by atoms with Gasteiger partial charge in [-0.05, 0) is 58.7 Å². The van der Waals surface area contributed by atoms with Crippen molar-refractivity contribution in [2.75, 3.05) is 11.1 Å². The second-order valence-electron chi connectivity index (χ2n) is 3.62. The standard InChI is InChI=1S/C12H11IN2OS/c1-7-2-3-8(6-9(7)13)15-12(16)11-10(14)4-5-17-11/h2-6H,14H2,1H3,(H,15,16). The average Bonchev–Trinajstić information content (AvgIpc) is 2.70. The quantitative estimate of drug-likeness (QED) is 0.808. The van der Waals surface area contributed by atoms with Crippen molar-refractivity contribution in [1.29, 1.82) is 0 Å². The number of nitrogens with one attached hydrogen (secondary N) is 1. The van der Waals surface area contributed by atoms with Crippen molar-refractivity contribution >= 4 is 51.2 Å². The Balaban J connectivity index is 2.19. The molecule has 0 saturated carbocycles. The van der Waals surface area contributed by atoms with Crippen LogP contribution in [0.1, 0.15) is 15.2 Å². The van der Waals surface area contributed by atoms with Crippen molar-refractivity contribution in [3.8, 4) is 0 Å². The first kappa shape index (κ1) is 12.4. The van der Waals surface area contributed by atoms with Crippen molar-refractivity contribution in [1.82, 2.24) is 0 Å². The lowest BCUT2D eigenvalue weighted by atomic mass is 10.2. The van der Waals surface area contributed by atoms with Gasteiger partial charge in [0.2, 0.25) is 0 Å². The third kappa shape index (κ3) is 2.78. The molecule has 1 amide bonds. The van der Waals surface area contributed by atoms with Gasteiger partial charge in [0.1, 0.15) is 4.88 Å². The van der Waals surface area contributed by atoms with Crippen LogP contribution in [0.5, 0.6) is 0 Å². The summed E-state index contributed by atoms with van der Waals surface area (Å²) in [7, 11) is 0. The summed E-state index contributed by atoms with van der Waals surface area (Å²) in [6, 6.07) is 7.55. The van der Waals surface area contributed by atoms with Gasteiger partial charge in [0.25, 0.3) is 5.91 Å². The third-order valence-corrected chi connectivity index (χ3v) is 4.42. The first-order valence-electron chi connectivity index (χ1n) is 4.98. The van der Waals surface area contributed by atoms with E-state index in [2.05, 4.69) is 27.9 Å². The summed E-state index contributed by atoms with van der Waals surface area (Å²) in [5.41, 5.74) is 8.20. The minimum atomic E-state index is -0.155. The fourth-order valence-electron chi connectivity index (χ4n) is 1.36. The number of amides is 1. The number of carbonyl (C=O) groups is 1. The lowest BCUT2D eigenvalue weighted by Gasteiger charge is -2.06. The molecule has 3 nitrogen and oxygen atoms in total. The van der Waals surface area contributed by atoms with E-state index in [0.29, 0.717) is 10.6 Å². The molecule has 1 aromatic heterocycles. The van der Waals surface area contributed by atoms with Crippen molar-refractivity contribution < 1.29 is 4.79 Å². The number of aryl methyl sites for hydroxylation is 1. The van der Waals surface area contributed by atoms with E-state index in [1.807, 2.05) is 30.5 Å². The monoisotopic (exact) mass is 358 g/mol. The predicted octanol–water partition coefficient (Wildman–Crippen LogP) is 3.50. The highest BCUT2D eigenvalue weighted by Gasteiger charge is 2.11. The van der Waals surface area contributed by atoms with Crippen molar-refractivity contribution in [2.24, 2.45) is 0 Å². The molecule has 0 radical (unpaired) electrons. The van der Waals surface area contributed by atoms with Crippen LogP contribution < -0.4 is 11.1 Å². The molecule has 0 aliphatic carbocycles. The van der Waals surface area contributed by atoms with Crippen molar-refractivity contribution in [3.05, 3.63) is 43.7 Å². The zero-order chi connectivity index (χ0) is 12.4. The SMILES string of the molecule is Cc1ccc(NC(=O)c2sccc2N)cc1I. The van der Waals surface area contributed by atoms with Crippen LogP contribution in [0.15, 0.2) is 29.6 Å². The highest BCUT2D eigenvalue weighted by atomic mass is 127. The Labute approximate surface area is 117 Å². The maximum Gasteiger partial charge on any atom is 0.267 e. The van der Waals surface area contributed by atoms with Gasteiger partial charge in [0.05, 0.1) is 5.69 Å². The maximum atomic E-state index is 11.9. The molecule has 0 aliphatic rings. The molecule has 0 spiro atoms. The first-order valence-corrected chi connectivity index (χ1v) is 6.94. The molecule has 0 fully saturated rings. The topological polar surface area (TPSA) is 55.1 Å². The van der Waals surface area contributed by atoms with Gasteiger partial charge in [-0.25, -0.2) is 0 Å². The molecule has 2 rings (SSSR count). The second kappa shape index (κ2) is 5.05. The van der Waals surface area contributed by atoms with Gasteiger partial charge in [0, 0.05) is 9.26 Å². The van der Waals surface area contributed by atoms with Crippen LogP contribution >= 0.6 is 33.9 Å². The Hall–Kier alpha value is -1.08. The van der Waals surface area contributed by atoms with Crippen LogP contribution in [0, 0.1) is 10.5 Å². The van der Waals surface area contributed by atoms with Gasteiger partial charge in [-0.3, -0.25) is 4.79 Å². The molecule has 0 saturated heterocycles. The number of hydrogen-bond donors (Lipinski definition) is 2. The average molecular weight is 358 g/mol. The number of anilines is 2. The summed E-state index contributed by atoms with van der Waals surface area (Å²) in [5.74, 6) is -0.155. The van der Waals surface area contributed by atoms with Gasteiger partial charge >= 0.3 is 0 Å². The van der Waals surface area contributed by atoms with E-state index in [-0.39, 0.29) is 5.91 Å². The normalized spacial score (nSPS) is 10.2. The summed E-state index contributed by atoms with van der Waals surface area (Å²) in [5, 5.41) is 4.65. The third-order valence-electron chi connectivity index (χ3n) is 2.33. The van der Waals surface area contributed by atoms with Gasteiger partial charge in [-0.1, -0.05) is 6.07 Å². The number of hydrogen-bond acceptors (Lipinski definition) is 3. The van der Waals surface area contributed by atoms with Gasteiger partial charge in [-0.15, -0.1) is 11.3 Å². The molecule has 0 bridgehead atoms. The Morgan fingerprint density at radius 1 is 1.41 bits per heavy atom. The van der Waals surface area contributed by atoms with E-state index in [1.54, 1.807) is 6.07 Å². The summed E-state index contributed by atoms with van der Waals surface area (Å²) >= 11 is 3.59. The van der Waals surface area contributed by atoms with E-state index in [9.17, 15) is 4.79 Å². The summed E-state index contributed by atoms with van der Waals surface area (Å²) in [6.07, 6.45) is 0. The zero-order valence-electron chi connectivity index (χ0n) is 9.16. The Morgan fingerprint density at radius 2 is 2.18 bits per heavy atom. The number of nitrogen functional groups attached to an aromatic ring is 1. The van der Waals surface area contributed by atoms with E-state index in [1.165, 1.54) is 16.9 Å². The molecular weight excluding hydrogens is 347 g/mol. The predicted molar refractivity (Wildman–Crippen MR) is 80.6 cm³/mol. The minimum absolute atomic E-state index is 0.155. The molecular formula is C12H11IN2OS. The highest BCUT2D eigenvalue weighted by molar-refractivity contribution is 14.1. The van der Waals surface area contributed by atoms with Crippen LogP contribution in [0.2, 0.25) is 0 Å². The molecule has 1 aromatic carbocycles. The van der Waals surface area contributed by atoms with Crippen LogP contribution in [0.4, 0.5) is 11.4 Å². The van der Waals surface area contributed by atoms with Crippen LogP contribution in [-0.2, 0) is 0 Å². The van der Waals surface area contributed by atoms with Gasteiger partial charge in [-0.2, -0.15) is 0 Å². The summed E-state index contributed by atoms with van der Waals surface area (Å²) in [4.78, 5) is 12.5. The molecule has 0 aliphatic heterocycles. The number of nitrogens with two attached hydrogens (primary N) is 1. The van der Waals surface area contributed by atoms with E-state index >= 15 is 0 Å². The van der Waals surface area contributed by atoms with Crippen LogP contribution in [-0.4, -0.2) is 5.91 Å². The number of benzene rings is 1. The minimum Gasteiger partial charge on any atom is -0.397 e. The van der Waals surface area contributed by atoms with Gasteiger partial charge < -0.3 is 11.1 Å². The number of halogens is 1. The Morgan fingerprint density at radius 3 is 2.76 bits per heavy atom. The first-order chi connectivity index (χ1) is 8.08. The number of carbonyl (C=O) groups excluding carboxylic acids is 1. The molecule has 88 valence electrons. The molecule has 0 unspecified atom stereocenters. The smallest absolute Gasteiger partial charge is 0.267 e. The molecule has 0 atom stereocenters. The molecule has 3 N–H and O–H groups in total. The molecule has 17 heavy (non-hydrogen) atoms. The number of thiophene rings is 1. The largest absolute Gasteiger partial charge is 0.397 e. The molecule has 2 aromatic rings. The van der Waals surface area contributed by atoms with E-state index < -0.39 is 0 Å². The van der Waals surface area contributed by atoms with E-state index in [4.69, 9.17) is 5.73 Å². The van der Waals surface area contributed by atoms with Crippen LogP contribution in [0.25, 0.3) is 0 Å². The van der Waals surface area contributed by atoms with E-state index in [0.717, 1.165) is 9.26 Å². The number of rotatable bonds is 2. The van der Waals surface area contributed by atoms with Gasteiger partial charge in [0.15, 0.2) is 0 Å². The Bertz CT molecular complexity index is 565. The van der Waals surface area contributed by atoms with Crippen molar-refractivity contribution in [3.63, 3.8) is 0 Å². The van der Waals surface area contributed by atoms with Crippen molar-refractivity contribution in [2.45, 2.75) is 6.92 Å². The second-order valence-corrected chi connectivity index (χ2v) is 5.70. The fourth-order valence-corrected chi connectivity index (χ4v) is 2.59. The summed E-state index contributed by atoms with van der Waals surface area (Å²) in [6.45, 7) is 2.03. The lowest BCUT2D eigenvalue weighted by molar-refractivity contribution is 0.103. The van der Waals surface area contributed by atoms with Crippen LogP contribution in [0.3, 0.4) is 0 Å². The lowest BCUT2D eigenvalue weighted by Crippen LogP contribution is -2.12. The maximum absolute atomic E-state index is 11.9.